The van der Waals surface area contributed by atoms with Gasteiger partial charge in [-0.1, -0.05) is 6.07 Å². The number of hydrogen-bond donors (Lipinski definition) is 3. The highest BCUT2D eigenvalue weighted by Crippen LogP contribution is 2.27. The van der Waals surface area contributed by atoms with E-state index in [9.17, 15) is 37.5 Å². The molecule has 3 aromatic heterocycles. The van der Waals surface area contributed by atoms with E-state index in [1.54, 1.807) is 6.92 Å². The van der Waals surface area contributed by atoms with Crippen molar-refractivity contribution in [2.45, 2.75) is 39.5 Å². The number of ether oxygens (including phenoxy) is 1. The maximum atomic E-state index is 13.4. The van der Waals surface area contributed by atoms with Crippen LogP contribution in [0.1, 0.15) is 57.7 Å². The summed E-state index contributed by atoms with van der Waals surface area (Å²) in [6.45, 7) is 4.52. The number of alkyl halides is 3. The monoisotopic (exact) mass is 639 g/mol. The minimum Gasteiger partial charge on any atom is -0.478 e. The van der Waals surface area contributed by atoms with Crippen LogP contribution in [-0.2, 0) is 4.74 Å². The van der Waals surface area contributed by atoms with Gasteiger partial charge in [0.15, 0.2) is 5.69 Å². The summed E-state index contributed by atoms with van der Waals surface area (Å²) < 4.78 is 46.5. The van der Waals surface area contributed by atoms with Crippen LogP contribution in [0.3, 0.4) is 0 Å². The van der Waals surface area contributed by atoms with Gasteiger partial charge < -0.3 is 20.9 Å². The van der Waals surface area contributed by atoms with Gasteiger partial charge in [0.2, 0.25) is 0 Å². The number of benzene rings is 1. The lowest BCUT2D eigenvalue weighted by Crippen LogP contribution is -2.42. The van der Waals surface area contributed by atoms with Crippen LogP contribution in [0.25, 0.3) is 16.9 Å². The Morgan fingerprint density at radius 2 is 1.78 bits per heavy atom. The number of carbonyl (C=O) groups is 4. The van der Waals surface area contributed by atoms with Gasteiger partial charge in [-0.15, -0.1) is 0 Å². The third-order valence-electron chi connectivity index (χ3n) is 6.14. The number of hydrogen-bond acceptors (Lipinski definition) is 8. The average Bonchev–Trinajstić information content (AvgIpc) is 3.38. The lowest BCUT2D eigenvalue weighted by atomic mass is 10.1. The first-order valence-corrected chi connectivity index (χ1v) is 13.5. The summed E-state index contributed by atoms with van der Waals surface area (Å²) in [7, 11) is 0. The summed E-state index contributed by atoms with van der Waals surface area (Å²) in [5.41, 5.74) is 5.31. The second-order valence-corrected chi connectivity index (χ2v) is 11.0. The Kier molecular flexibility index (Phi) is 9.11. The van der Waals surface area contributed by atoms with Crippen LogP contribution in [0.4, 0.5) is 29.5 Å². The molecule has 0 spiro atoms. The Balaban J connectivity index is 1.63. The molecule has 240 valence electrons. The molecule has 3 heterocycles. The quantitative estimate of drug-likeness (QED) is 0.239. The van der Waals surface area contributed by atoms with E-state index < -0.39 is 42.2 Å². The molecule has 0 unspecified atom stereocenters. The first-order valence-electron chi connectivity index (χ1n) is 13.5. The molecule has 4 N–H and O–H groups in total. The number of pyridine rings is 2. The molecule has 0 aliphatic rings. The number of carbonyl (C=O) groups excluding carboxylic acids is 3. The number of nitrogens with one attached hydrogen (secondary N) is 1. The average molecular weight is 640 g/mol. The molecule has 16 heteroatoms. The van der Waals surface area contributed by atoms with Crippen molar-refractivity contribution in [1.29, 1.82) is 0 Å². The van der Waals surface area contributed by atoms with Gasteiger partial charge in [0.05, 0.1) is 28.8 Å². The van der Waals surface area contributed by atoms with Crippen molar-refractivity contribution in [3.63, 3.8) is 0 Å². The van der Waals surface area contributed by atoms with Crippen molar-refractivity contribution < 1.29 is 42.2 Å². The Bertz CT molecular complexity index is 1830. The number of nitrogens with two attached hydrogens (primary N) is 1. The van der Waals surface area contributed by atoms with Gasteiger partial charge in [-0.05, 0) is 75.7 Å². The van der Waals surface area contributed by atoms with Crippen molar-refractivity contribution in [2.24, 2.45) is 5.73 Å². The van der Waals surface area contributed by atoms with Crippen LogP contribution < -0.4 is 16.0 Å². The van der Waals surface area contributed by atoms with Crippen LogP contribution in [0.2, 0.25) is 0 Å². The van der Waals surface area contributed by atoms with E-state index in [2.05, 4.69) is 20.4 Å². The molecule has 46 heavy (non-hydrogen) atoms. The van der Waals surface area contributed by atoms with Crippen molar-refractivity contribution in [3.8, 4) is 16.9 Å². The minimum atomic E-state index is -4.76. The molecule has 0 bridgehead atoms. The third-order valence-corrected chi connectivity index (χ3v) is 6.14. The molecule has 0 saturated heterocycles. The van der Waals surface area contributed by atoms with Crippen LogP contribution in [0, 0.1) is 6.92 Å². The lowest BCUT2D eigenvalue weighted by Gasteiger charge is -2.27. The fraction of sp³-hybridized carbons (Fsp3) is 0.233. The van der Waals surface area contributed by atoms with E-state index in [0.29, 0.717) is 16.2 Å². The number of aromatic carboxylic acids is 1. The summed E-state index contributed by atoms with van der Waals surface area (Å²) in [6.07, 6.45) is -3.51. The standard InChI is InChI=1S/C30H28F3N7O6/c1-16-12-18(27(43)44)8-9-22(16)40-14-21(24(38-40)25(34)41)37-26(42)20-7-5-6-19(36-20)17-10-11-35-23(13-17)39(15-30(31,32)33)28(45)46-29(2,3)4/h5-14H,15H2,1-4H3,(H2,34,41)(H,37,42)(H,43,44). The fourth-order valence-electron chi connectivity index (χ4n) is 4.19. The number of primary amides is 1. The molecule has 0 fully saturated rings. The lowest BCUT2D eigenvalue weighted by molar-refractivity contribution is -0.119. The summed E-state index contributed by atoms with van der Waals surface area (Å²) in [6, 6.07) is 11.2. The number of aryl methyl sites for hydroxylation is 1. The van der Waals surface area contributed by atoms with Gasteiger partial charge in [-0.3, -0.25) is 14.5 Å². The molecule has 0 aliphatic heterocycles. The predicted octanol–water partition coefficient (Wildman–Crippen LogP) is 4.99. The van der Waals surface area contributed by atoms with E-state index in [4.69, 9.17) is 10.5 Å². The molecule has 3 amide bonds. The number of aromatic nitrogens is 4. The molecular formula is C30H28F3N7O6. The second kappa shape index (κ2) is 12.7. The smallest absolute Gasteiger partial charge is 0.416 e. The number of halogens is 3. The van der Waals surface area contributed by atoms with Crippen LogP contribution in [0.5, 0.6) is 0 Å². The van der Waals surface area contributed by atoms with Crippen LogP contribution >= 0.6 is 0 Å². The number of amides is 3. The first-order chi connectivity index (χ1) is 21.4. The number of carboxylic acid groups (broad SMARTS) is 1. The van der Waals surface area contributed by atoms with E-state index in [1.165, 1.54) is 86.4 Å². The van der Waals surface area contributed by atoms with Gasteiger partial charge in [-0.2, -0.15) is 18.3 Å². The Morgan fingerprint density at radius 1 is 1.07 bits per heavy atom. The zero-order valence-electron chi connectivity index (χ0n) is 24.9. The van der Waals surface area contributed by atoms with Gasteiger partial charge >= 0.3 is 18.2 Å². The zero-order chi connectivity index (χ0) is 34.0. The minimum absolute atomic E-state index is 0.0437. The van der Waals surface area contributed by atoms with Gasteiger partial charge in [-0.25, -0.2) is 24.2 Å². The summed E-state index contributed by atoms with van der Waals surface area (Å²) in [5, 5.41) is 15.9. The Labute approximate surface area is 259 Å². The van der Waals surface area contributed by atoms with Crippen LogP contribution in [0.15, 0.2) is 60.9 Å². The van der Waals surface area contributed by atoms with E-state index in [1.807, 2.05) is 0 Å². The van der Waals surface area contributed by atoms with Crippen molar-refractivity contribution in [3.05, 3.63) is 83.4 Å². The number of anilines is 2. The molecule has 1 aromatic carbocycles. The maximum absolute atomic E-state index is 13.4. The van der Waals surface area contributed by atoms with E-state index >= 15 is 0 Å². The molecule has 0 radical (unpaired) electrons. The summed E-state index contributed by atoms with van der Waals surface area (Å²) >= 11 is 0. The highest BCUT2D eigenvalue weighted by molar-refractivity contribution is 6.07. The Hall–Kier alpha value is -5.80. The van der Waals surface area contributed by atoms with Gasteiger partial charge in [0.1, 0.15) is 23.7 Å². The van der Waals surface area contributed by atoms with Crippen molar-refractivity contribution in [2.75, 3.05) is 16.8 Å². The van der Waals surface area contributed by atoms with Gasteiger partial charge in [0.25, 0.3) is 11.8 Å². The number of carboxylic acids is 1. The van der Waals surface area contributed by atoms with Crippen molar-refractivity contribution >= 4 is 35.4 Å². The highest BCUT2D eigenvalue weighted by atomic mass is 19.4. The molecule has 0 saturated carbocycles. The fourth-order valence-corrected chi connectivity index (χ4v) is 4.19. The third kappa shape index (κ3) is 8.02. The van der Waals surface area contributed by atoms with Crippen molar-refractivity contribution in [1.82, 2.24) is 19.7 Å². The number of nitrogens with zero attached hydrogens (tertiary/aromatic N) is 5. The number of rotatable bonds is 8. The normalized spacial score (nSPS) is 11.5. The molecule has 4 aromatic rings. The molecule has 0 atom stereocenters. The SMILES string of the molecule is Cc1cc(C(=O)O)ccc1-n1cc(NC(=O)c2cccc(-c3ccnc(N(CC(F)(F)F)C(=O)OC(C)(C)C)c3)n2)c(C(N)=O)n1. The Morgan fingerprint density at radius 3 is 2.39 bits per heavy atom. The summed E-state index contributed by atoms with van der Waals surface area (Å²) in [4.78, 5) is 57.9. The zero-order valence-corrected chi connectivity index (χ0v) is 24.9. The first kappa shape index (κ1) is 33.1. The molecule has 4 rings (SSSR count). The molecule has 13 nitrogen and oxygen atoms in total. The largest absolute Gasteiger partial charge is 0.478 e. The van der Waals surface area contributed by atoms with E-state index in [0.717, 1.165) is 0 Å². The van der Waals surface area contributed by atoms with Gasteiger partial charge in [0, 0.05) is 11.8 Å². The molecule has 0 aliphatic carbocycles. The maximum Gasteiger partial charge on any atom is 0.416 e. The summed E-state index contributed by atoms with van der Waals surface area (Å²) in [5.74, 6) is -3.21. The second-order valence-electron chi connectivity index (χ2n) is 11.0. The predicted molar refractivity (Wildman–Crippen MR) is 159 cm³/mol. The van der Waals surface area contributed by atoms with E-state index in [-0.39, 0.29) is 39.7 Å². The molecular weight excluding hydrogens is 611 g/mol. The van der Waals surface area contributed by atoms with Crippen LogP contribution in [-0.4, -0.2) is 67.1 Å². The highest BCUT2D eigenvalue weighted by Gasteiger charge is 2.36. The topological polar surface area (TPSA) is 183 Å².